The van der Waals surface area contributed by atoms with Crippen LogP contribution < -0.4 is 20.1 Å². The lowest BCUT2D eigenvalue weighted by Gasteiger charge is -2.13. The van der Waals surface area contributed by atoms with Gasteiger partial charge >= 0.3 is 0 Å². The van der Waals surface area contributed by atoms with Gasteiger partial charge in [0, 0.05) is 27.2 Å². The van der Waals surface area contributed by atoms with Crippen LogP contribution in [-0.4, -0.2) is 60.7 Å². The molecule has 0 heterocycles. The van der Waals surface area contributed by atoms with Gasteiger partial charge in [0.2, 0.25) is 0 Å². The van der Waals surface area contributed by atoms with Crippen LogP contribution in [-0.2, 0) is 16.0 Å². The molecular weight excluding hydrogens is 425 g/mol. The number of benzene rings is 1. The van der Waals surface area contributed by atoms with E-state index in [0.29, 0.717) is 44.4 Å². The summed E-state index contributed by atoms with van der Waals surface area (Å²) in [6.45, 7) is 3.10. The third kappa shape index (κ3) is 8.55. The molecule has 0 fully saturated rings. The Hall–Kier alpha value is -1.26. The third-order valence-electron chi connectivity index (χ3n) is 3.10. The van der Waals surface area contributed by atoms with E-state index in [0.717, 1.165) is 11.5 Å². The van der Waals surface area contributed by atoms with Crippen LogP contribution in [0.2, 0.25) is 0 Å². The Kier molecular flexibility index (Phi) is 13.4. The molecule has 0 radical (unpaired) electrons. The molecule has 0 unspecified atom stereocenters. The molecule has 0 atom stereocenters. The Balaban J connectivity index is 0.00000529. The molecule has 0 saturated carbocycles. The molecule has 0 aliphatic rings. The lowest BCUT2D eigenvalue weighted by atomic mass is 10.2. The van der Waals surface area contributed by atoms with Crippen molar-refractivity contribution in [2.24, 2.45) is 4.99 Å². The van der Waals surface area contributed by atoms with Crippen LogP contribution in [0.5, 0.6) is 11.5 Å². The molecule has 2 N–H and O–H groups in total. The lowest BCUT2D eigenvalue weighted by molar-refractivity contribution is 0.0733. The van der Waals surface area contributed by atoms with Crippen molar-refractivity contribution in [3.05, 3.63) is 23.8 Å². The zero-order chi connectivity index (χ0) is 16.9. The highest BCUT2D eigenvalue weighted by molar-refractivity contribution is 14.0. The molecule has 7 nitrogen and oxygen atoms in total. The number of halogens is 1. The smallest absolute Gasteiger partial charge is 0.191 e. The molecule has 0 aliphatic heterocycles. The molecule has 0 bridgehead atoms. The average molecular weight is 453 g/mol. The quantitative estimate of drug-likeness (QED) is 0.243. The first-order valence-corrected chi connectivity index (χ1v) is 7.47. The predicted octanol–water partition coefficient (Wildman–Crippen LogP) is 1.65. The summed E-state index contributed by atoms with van der Waals surface area (Å²) in [5, 5.41) is 6.42. The van der Waals surface area contributed by atoms with E-state index in [1.165, 1.54) is 0 Å². The van der Waals surface area contributed by atoms with Crippen LogP contribution in [0.15, 0.2) is 23.2 Å². The second-order valence-electron chi connectivity index (χ2n) is 4.65. The van der Waals surface area contributed by atoms with Gasteiger partial charge in [-0.25, -0.2) is 0 Å². The topological polar surface area (TPSA) is 73.3 Å². The Morgan fingerprint density at radius 2 is 1.75 bits per heavy atom. The summed E-state index contributed by atoms with van der Waals surface area (Å²) in [5.74, 6) is 2.14. The first-order valence-electron chi connectivity index (χ1n) is 7.47. The SMILES string of the molecule is CN=C(NCCOCCOC)NCc1ccc(OC)c(OC)c1.I. The van der Waals surface area contributed by atoms with Gasteiger partial charge in [-0.15, -0.1) is 24.0 Å². The summed E-state index contributed by atoms with van der Waals surface area (Å²) < 4.78 is 20.8. The first kappa shape index (κ1) is 22.7. The summed E-state index contributed by atoms with van der Waals surface area (Å²) in [4.78, 5) is 4.17. The number of hydrogen-bond donors (Lipinski definition) is 2. The second-order valence-corrected chi connectivity index (χ2v) is 4.65. The van der Waals surface area contributed by atoms with E-state index in [2.05, 4.69) is 15.6 Å². The Bertz CT molecular complexity index is 486. The minimum absolute atomic E-state index is 0. The molecular formula is C16H28IN3O4. The maximum Gasteiger partial charge on any atom is 0.191 e. The maximum atomic E-state index is 5.39. The fourth-order valence-corrected chi connectivity index (χ4v) is 1.88. The summed E-state index contributed by atoms with van der Waals surface area (Å²) in [5.41, 5.74) is 1.07. The van der Waals surface area contributed by atoms with Crippen LogP contribution >= 0.6 is 24.0 Å². The minimum atomic E-state index is 0. The van der Waals surface area contributed by atoms with Crippen molar-refractivity contribution in [2.45, 2.75) is 6.54 Å². The van der Waals surface area contributed by atoms with E-state index in [4.69, 9.17) is 18.9 Å². The fourth-order valence-electron chi connectivity index (χ4n) is 1.88. The van der Waals surface area contributed by atoms with Gasteiger partial charge in [-0.3, -0.25) is 4.99 Å². The van der Waals surface area contributed by atoms with Gasteiger partial charge in [0.25, 0.3) is 0 Å². The van der Waals surface area contributed by atoms with Crippen LogP contribution in [0.25, 0.3) is 0 Å². The van der Waals surface area contributed by atoms with Gasteiger partial charge in [0.15, 0.2) is 17.5 Å². The highest BCUT2D eigenvalue weighted by Crippen LogP contribution is 2.27. The number of guanidine groups is 1. The highest BCUT2D eigenvalue weighted by atomic mass is 127. The van der Waals surface area contributed by atoms with Crippen molar-refractivity contribution < 1.29 is 18.9 Å². The van der Waals surface area contributed by atoms with Gasteiger partial charge in [0.05, 0.1) is 34.0 Å². The number of hydrogen-bond acceptors (Lipinski definition) is 5. The summed E-state index contributed by atoms with van der Waals surface area (Å²) in [6.07, 6.45) is 0. The Morgan fingerprint density at radius 3 is 2.38 bits per heavy atom. The fraction of sp³-hybridized carbons (Fsp3) is 0.562. The number of nitrogens with zero attached hydrogens (tertiary/aromatic N) is 1. The monoisotopic (exact) mass is 453 g/mol. The molecule has 0 aromatic heterocycles. The van der Waals surface area contributed by atoms with Crippen molar-refractivity contribution in [3.8, 4) is 11.5 Å². The second kappa shape index (κ2) is 14.1. The number of ether oxygens (including phenoxy) is 4. The molecule has 138 valence electrons. The van der Waals surface area contributed by atoms with Crippen molar-refractivity contribution in [1.29, 1.82) is 0 Å². The average Bonchev–Trinajstić information content (AvgIpc) is 2.60. The minimum Gasteiger partial charge on any atom is -0.493 e. The van der Waals surface area contributed by atoms with Crippen LogP contribution in [0.4, 0.5) is 0 Å². The summed E-state index contributed by atoms with van der Waals surface area (Å²) in [7, 11) is 6.63. The van der Waals surface area contributed by atoms with E-state index in [1.54, 1.807) is 28.4 Å². The van der Waals surface area contributed by atoms with Gasteiger partial charge in [-0.1, -0.05) is 6.07 Å². The van der Waals surface area contributed by atoms with E-state index >= 15 is 0 Å². The molecule has 1 rings (SSSR count). The van der Waals surface area contributed by atoms with Gasteiger partial charge in [-0.05, 0) is 17.7 Å². The summed E-state index contributed by atoms with van der Waals surface area (Å²) >= 11 is 0. The molecule has 24 heavy (non-hydrogen) atoms. The normalized spacial score (nSPS) is 10.8. The zero-order valence-corrected chi connectivity index (χ0v) is 17.1. The molecule has 0 amide bonds. The van der Waals surface area contributed by atoms with Gasteiger partial charge in [0.1, 0.15) is 0 Å². The maximum absolute atomic E-state index is 5.39. The standard InChI is InChI=1S/C16H27N3O4.HI/c1-17-16(18-7-8-23-10-9-20-2)19-12-13-5-6-14(21-3)15(11-13)22-4;/h5-6,11H,7-10,12H2,1-4H3,(H2,17,18,19);1H. The number of nitrogens with one attached hydrogen (secondary N) is 2. The highest BCUT2D eigenvalue weighted by Gasteiger charge is 2.05. The largest absolute Gasteiger partial charge is 0.493 e. The van der Waals surface area contributed by atoms with Gasteiger partial charge < -0.3 is 29.6 Å². The predicted molar refractivity (Wildman–Crippen MR) is 106 cm³/mol. The third-order valence-corrected chi connectivity index (χ3v) is 3.10. The van der Waals surface area contributed by atoms with Crippen molar-refractivity contribution in [3.63, 3.8) is 0 Å². The van der Waals surface area contributed by atoms with Crippen LogP contribution in [0, 0.1) is 0 Å². The molecule has 0 aliphatic carbocycles. The van der Waals surface area contributed by atoms with Crippen molar-refractivity contribution in [1.82, 2.24) is 10.6 Å². The zero-order valence-electron chi connectivity index (χ0n) is 14.8. The van der Waals surface area contributed by atoms with E-state index in [1.807, 2.05) is 18.2 Å². The van der Waals surface area contributed by atoms with E-state index < -0.39 is 0 Å². The number of rotatable bonds is 10. The van der Waals surface area contributed by atoms with E-state index in [-0.39, 0.29) is 24.0 Å². The van der Waals surface area contributed by atoms with Crippen molar-refractivity contribution in [2.75, 3.05) is 54.7 Å². The molecule has 0 saturated heterocycles. The number of methoxy groups -OCH3 is 3. The lowest BCUT2D eigenvalue weighted by Crippen LogP contribution is -2.38. The molecule has 8 heteroatoms. The van der Waals surface area contributed by atoms with Crippen LogP contribution in [0.3, 0.4) is 0 Å². The van der Waals surface area contributed by atoms with E-state index in [9.17, 15) is 0 Å². The molecule has 0 spiro atoms. The molecule has 1 aromatic carbocycles. The Morgan fingerprint density at radius 1 is 1.00 bits per heavy atom. The number of aliphatic imine (C=N–C) groups is 1. The first-order chi connectivity index (χ1) is 11.2. The van der Waals surface area contributed by atoms with Gasteiger partial charge in [-0.2, -0.15) is 0 Å². The summed E-state index contributed by atoms with van der Waals surface area (Å²) in [6, 6.07) is 5.80. The Labute approximate surface area is 161 Å². The van der Waals surface area contributed by atoms with Crippen LogP contribution in [0.1, 0.15) is 5.56 Å². The molecule has 1 aromatic rings. The van der Waals surface area contributed by atoms with Crippen molar-refractivity contribution >= 4 is 29.9 Å².